The fourth-order valence-corrected chi connectivity index (χ4v) is 1.59. The molecule has 1 aromatic heterocycles. The second kappa shape index (κ2) is 7.42. The van der Waals surface area contributed by atoms with E-state index in [2.05, 4.69) is 10.6 Å². The number of urea groups is 1. The maximum absolute atomic E-state index is 11.6. The number of carboxylic acid groups (broad SMARTS) is 1. The molecule has 1 rings (SSSR count). The van der Waals surface area contributed by atoms with E-state index in [1.807, 2.05) is 0 Å². The van der Waals surface area contributed by atoms with Crippen molar-refractivity contribution in [3.63, 3.8) is 0 Å². The molecule has 0 aliphatic rings. The molecule has 2 atom stereocenters. The molecule has 0 radical (unpaired) electrons. The summed E-state index contributed by atoms with van der Waals surface area (Å²) >= 11 is 0. The Hall–Kier alpha value is -2.02. The summed E-state index contributed by atoms with van der Waals surface area (Å²) in [5, 5.41) is 22.4. The van der Waals surface area contributed by atoms with Crippen molar-refractivity contribution in [1.29, 1.82) is 0 Å². The molecule has 19 heavy (non-hydrogen) atoms. The first-order valence-electron chi connectivity index (χ1n) is 5.96. The highest BCUT2D eigenvalue weighted by molar-refractivity contribution is 5.82. The lowest BCUT2D eigenvalue weighted by Gasteiger charge is -2.17. The van der Waals surface area contributed by atoms with Crippen molar-refractivity contribution in [3.05, 3.63) is 24.2 Å². The Bertz CT molecular complexity index is 404. The maximum Gasteiger partial charge on any atom is 0.326 e. The SMILES string of the molecule is CC(Cc1ccco1)NC(=O)N[C@H](CCO)C(=O)O. The summed E-state index contributed by atoms with van der Waals surface area (Å²) in [4.78, 5) is 22.4. The van der Waals surface area contributed by atoms with Crippen molar-refractivity contribution in [3.8, 4) is 0 Å². The van der Waals surface area contributed by atoms with Crippen molar-refractivity contribution in [1.82, 2.24) is 10.6 Å². The van der Waals surface area contributed by atoms with Crippen LogP contribution in [0.25, 0.3) is 0 Å². The number of aliphatic hydroxyl groups excluding tert-OH is 1. The molecule has 2 amide bonds. The van der Waals surface area contributed by atoms with Gasteiger partial charge in [-0.25, -0.2) is 9.59 Å². The van der Waals surface area contributed by atoms with Crippen LogP contribution in [-0.4, -0.2) is 40.9 Å². The highest BCUT2D eigenvalue weighted by Crippen LogP contribution is 2.03. The predicted octanol–water partition coefficient (Wildman–Crippen LogP) is 0.345. The molecular formula is C12H18N2O5. The summed E-state index contributed by atoms with van der Waals surface area (Å²) in [6, 6.07) is 1.67. The van der Waals surface area contributed by atoms with Crippen LogP contribution >= 0.6 is 0 Å². The fourth-order valence-electron chi connectivity index (χ4n) is 1.59. The number of aliphatic hydroxyl groups is 1. The highest BCUT2D eigenvalue weighted by Gasteiger charge is 2.20. The third kappa shape index (κ3) is 5.43. The average Bonchev–Trinajstić information content (AvgIpc) is 2.80. The van der Waals surface area contributed by atoms with Gasteiger partial charge in [-0.3, -0.25) is 0 Å². The van der Waals surface area contributed by atoms with Crippen LogP contribution in [0.5, 0.6) is 0 Å². The zero-order valence-electron chi connectivity index (χ0n) is 10.6. The lowest BCUT2D eigenvalue weighted by molar-refractivity contribution is -0.139. The standard InChI is InChI=1S/C12H18N2O5/c1-8(7-9-3-2-6-19-9)13-12(18)14-10(4-5-15)11(16)17/h2-3,6,8,10,15H,4-5,7H2,1H3,(H,16,17)(H2,13,14,18)/t8?,10-/m1/s1. The van der Waals surface area contributed by atoms with Gasteiger partial charge in [0.15, 0.2) is 0 Å². The number of carbonyl (C=O) groups excluding carboxylic acids is 1. The van der Waals surface area contributed by atoms with Crippen LogP contribution in [0.2, 0.25) is 0 Å². The largest absolute Gasteiger partial charge is 0.480 e. The van der Waals surface area contributed by atoms with E-state index in [9.17, 15) is 9.59 Å². The van der Waals surface area contributed by atoms with Crippen LogP contribution in [-0.2, 0) is 11.2 Å². The first kappa shape index (κ1) is 15.0. The quantitative estimate of drug-likeness (QED) is 0.571. The molecule has 0 bridgehead atoms. The smallest absolute Gasteiger partial charge is 0.326 e. The van der Waals surface area contributed by atoms with Crippen LogP contribution in [0.1, 0.15) is 19.1 Å². The van der Waals surface area contributed by atoms with E-state index >= 15 is 0 Å². The molecule has 0 saturated carbocycles. The van der Waals surface area contributed by atoms with Gasteiger partial charge in [0.2, 0.25) is 0 Å². The summed E-state index contributed by atoms with van der Waals surface area (Å²) in [5.41, 5.74) is 0. The van der Waals surface area contributed by atoms with Gasteiger partial charge >= 0.3 is 12.0 Å². The highest BCUT2D eigenvalue weighted by atomic mass is 16.4. The summed E-state index contributed by atoms with van der Waals surface area (Å²) < 4.78 is 5.14. The molecule has 1 unspecified atom stereocenters. The van der Waals surface area contributed by atoms with Gasteiger partial charge in [-0.2, -0.15) is 0 Å². The van der Waals surface area contributed by atoms with Crippen LogP contribution in [0.15, 0.2) is 22.8 Å². The normalized spacial score (nSPS) is 13.6. The number of carboxylic acids is 1. The molecule has 1 aromatic rings. The van der Waals surface area contributed by atoms with Crippen molar-refractivity contribution in [2.45, 2.75) is 31.8 Å². The van der Waals surface area contributed by atoms with Gasteiger partial charge in [-0.1, -0.05) is 0 Å². The monoisotopic (exact) mass is 270 g/mol. The first-order chi connectivity index (χ1) is 9.02. The molecule has 0 aromatic carbocycles. The van der Waals surface area contributed by atoms with Gasteiger partial charge in [0.25, 0.3) is 0 Å². The molecule has 4 N–H and O–H groups in total. The summed E-state index contributed by atoms with van der Waals surface area (Å²) in [6.07, 6.45) is 2.03. The second-order valence-electron chi connectivity index (χ2n) is 4.21. The van der Waals surface area contributed by atoms with Crippen LogP contribution in [0.4, 0.5) is 4.79 Å². The third-order valence-electron chi connectivity index (χ3n) is 2.49. The molecule has 7 nitrogen and oxygen atoms in total. The van der Waals surface area contributed by atoms with Crippen LogP contribution in [0, 0.1) is 0 Å². The van der Waals surface area contributed by atoms with Gasteiger partial charge in [0.1, 0.15) is 11.8 Å². The summed E-state index contributed by atoms with van der Waals surface area (Å²) in [7, 11) is 0. The van der Waals surface area contributed by atoms with Crippen LogP contribution < -0.4 is 10.6 Å². The number of hydrogen-bond acceptors (Lipinski definition) is 4. The Morgan fingerprint density at radius 3 is 2.68 bits per heavy atom. The van der Waals surface area contributed by atoms with Gasteiger partial charge in [0.05, 0.1) is 6.26 Å². The number of amides is 2. The Morgan fingerprint density at radius 1 is 1.42 bits per heavy atom. The molecule has 0 aliphatic carbocycles. The van der Waals surface area contributed by atoms with E-state index in [1.165, 1.54) is 0 Å². The minimum atomic E-state index is -1.18. The van der Waals surface area contributed by atoms with E-state index < -0.39 is 18.0 Å². The fraction of sp³-hybridized carbons (Fsp3) is 0.500. The molecule has 106 valence electrons. The number of nitrogens with one attached hydrogen (secondary N) is 2. The average molecular weight is 270 g/mol. The molecule has 0 saturated heterocycles. The topological polar surface area (TPSA) is 112 Å². The number of aliphatic carboxylic acids is 1. The Labute approximate surface area is 110 Å². The van der Waals surface area contributed by atoms with Crippen LogP contribution in [0.3, 0.4) is 0 Å². The molecular weight excluding hydrogens is 252 g/mol. The van der Waals surface area contributed by atoms with Gasteiger partial charge in [-0.05, 0) is 19.1 Å². The number of hydrogen-bond donors (Lipinski definition) is 4. The summed E-state index contributed by atoms with van der Waals surface area (Å²) in [6.45, 7) is 1.48. The molecule has 0 spiro atoms. The lowest BCUT2D eigenvalue weighted by Crippen LogP contribution is -2.49. The van der Waals surface area contributed by atoms with E-state index in [1.54, 1.807) is 25.3 Å². The predicted molar refractivity (Wildman–Crippen MR) is 66.7 cm³/mol. The van der Waals surface area contributed by atoms with E-state index in [-0.39, 0.29) is 19.1 Å². The number of furan rings is 1. The maximum atomic E-state index is 11.6. The Morgan fingerprint density at radius 2 is 2.16 bits per heavy atom. The Balaban J connectivity index is 2.38. The second-order valence-corrected chi connectivity index (χ2v) is 4.21. The van der Waals surface area contributed by atoms with Gasteiger partial charge in [-0.15, -0.1) is 0 Å². The van der Waals surface area contributed by atoms with E-state index in [0.29, 0.717) is 6.42 Å². The first-order valence-corrected chi connectivity index (χ1v) is 5.96. The zero-order chi connectivity index (χ0) is 14.3. The minimum Gasteiger partial charge on any atom is -0.480 e. The van der Waals surface area contributed by atoms with Gasteiger partial charge in [0, 0.05) is 25.5 Å². The Kier molecular flexibility index (Phi) is 5.87. The number of carbonyl (C=O) groups is 2. The molecule has 0 aliphatic heterocycles. The van der Waals surface area contributed by atoms with Crippen molar-refractivity contribution < 1.29 is 24.2 Å². The molecule has 1 heterocycles. The van der Waals surface area contributed by atoms with Crippen molar-refractivity contribution in [2.75, 3.05) is 6.61 Å². The van der Waals surface area contributed by atoms with Crippen molar-refractivity contribution in [2.24, 2.45) is 0 Å². The lowest BCUT2D eigenvalue weighted by atomic mass is 10.2. The zero-order valence-corrected chi connectivity index (χ0v) is 10.6. The minimum absolute atomic E-state index is 0.0324. The van der Waals surface area contributed by atoms with Gasteiger partial charge < -0.3 is 25.3 Å². The number of rotatable bonds is 7. The van der Waals surface area contributed by atoms with E-state index in [4.69, 9.17) is 14.6 Å². The summed E-state index contributed by atoms with van der Waals surface area (Å²) in [5.74, 6) is -0.444. The molecule has 7 heteroatoms. The van der Waals surface area contributed by atoms with E-state index in [0.717, 1.165) is 5.76 Å². The molecule has 0 fully saturated rings. The van der Waals surface area contributed by atoms with Crippen molar-refractivity contribution >= 4 is 12.0 Å². The third-order valence-corrected chi connectivity index (χ3v) is 2.49.